The number of sulfonamides is 1. The number of hydrogen-bond acceptors (Lipinski definition) is 6. The van der Waals surface area contributed by atoms with Crippen LogP contribution in [0.2, 0.25) is 0 Å². The van der Waals surface area contributed by atoms with Crippen molar-refractivity contribution in [3.8, 4) is 0 Å². The zero-order valence-corrected chi connectivity index (χ0v) is 16.6. The predicted octanol–water partition coefficient (Wildman–Crippen LogP) is 2.53. The quantitative estimate of drug-likeness (QED) is 0.440. The number of nitro benzene ring substituents is 1. The first-order chi connectivity index (χ1) is 13.8. The average Bonchev–Trinajstić information content (AvgIpc) is 3.27. The van der Waals surface area contributed by atoms with Gasteiger partial charge in [-0.3, -0.25) is 14.9 Å². The van der Waals surface area contributed by atoms with E-state index in [0.29, 0.717) is 13.1 Å². The number of nitro groups is 1. The Bertz CT molecular complexity index is 1080. The molecule has 0 saturated carbocycles. The lowest BCUT2D eigenvalue weighted by Crippen LogP contribution is -2.28. The molecule has 3 rings (SSSR count). The molecule has 10 heteroatoms. The summed E-state index contributed by atoms with van der Waals surface area (Å²) >= 11 is 0. The molecule has 2 aromatic rings. The van der Waals surface area contributed by atoms with Gasteiger partial charge in [0.25, 0.3) is 11.6 Å². The minimum atomic E-state index is -3.64. The number of amides is 1. The number of nitrogens with zero attached hydrogens (tertiary/aromatic N) is 3. The van der Waals surface area contributed by atoms with E-state index in [-0.39, 0.29) is 27.4 Å². The van der Waals surface area contributed by atoms with Crippen LogP contribution in [0.5, 0.6) is 0 Å². The van der Waals surface area contributed by atoms with Crippen LogP contribution in [0.3, 0.4) is 0 Å². The fourth-order valence-electron chi connectivity index (χ4n) is 3.07. The zero-order valence-electron chi connectivity index (χ0n) is 15.7. The van der Waals surface area contributed by atoms with E-state index in [0.717, 1.165) is 12.8 Å². The normalized spacial score (nSPS) is 15.3. The second-order valence-electron chi connectivity index (χ2n) is 6.55. The first kappa shape index (κ1) is 20.6. The van der Waals surface area contributed by atoms with Crippen LogP contribution in [-0.2, 0) is 10.0 Å². The third kappa shape index (κ3) is 4.49. The van der Waals surface area contributed by atoms with Gasteiger partial charge in [0, 0.05) is 24.7 Å². The summed E-state index contributed by atoms with van der Waals surface area (Å²) in [5.74, 6) is -0.610. The number of carbonyl (C=O) groups is 1. The van der Waals surface area contributed by atoms with Crippen molar-refractivity contribution in [3.05, 3.63) is 69.8 Å². The Balaban J connectivity index is 1.80. The van der Waals surface area contributed by atoms with E-state index in [2.05, 4.69) is 10.5 Å². The fraction of sp³-hybridized carbons (Fsp3) is 0.263. The van der Waals surface area contributed by atoms with Gasteiger partial charge in [-0.05, 0) is 44.0 Å². The minimum absolute atomic E-state index is 0.0476. The summed E-state index contributed by atoms with van der Waals surface area (Å²) in [6.07, 6.45) is 1.64. The van der Waals surface area contributed by atoms with Crippen molar-refractivity contribution in [2.75, 3.05) is 13.1 Å². The summed E-state index contributed by atoms with van der Waals surface area (Å²) in [6, 6.07) is 11.8. The van der Waals surface area contributed by atoms with Crippen molar-refractivity contribution < 1.29 is 18.1 Å². The lowest BCUT2D eigenvalue weighted by Gasteiger charge is -2.15. The van der Waals surface area contributed by atoms with Crippen LogP contribution >= 0.6 is 0 Å². The minimum Gasteiger partial charge on any atom is -0.267 e. The van der Waals surface area contributed by atoms with Gasteiger partial charge >= 0.3 is 0 Å². The smallest absolute Gasteiger partial charge is 0.267 e. The third-order valence-corrected chi connectivity index (χ3v) is 6.51. The molecule has 2 aromatic carbocycles. The standard InChI is InChI=1S/C19H20N4O5S/c1-14(17-9-2-3-10-18(17)23(25)26)20-21-19(24)15-7-6-8-16(13-15)29(27,28)22-11-4-5-12-22/h2-3,6-10,13H,4-5,11-12H2,1H3,(H,21,24)/b20-14-. The Morgan fingerprint density at radius 3 is 2.52 bits per heavy atom. The van der Waals surface area contributed by atoms with Gasteiger partial charge in [-0.2, -0.15) is 9.41 Å². The number of carbonyl (C=O) groups excluding carboxylic acids is 1. The molecule has 1 N–H and O–H groups in total. The van der Waals surface area contributed by atoms with Crippen LogP contribution in [0.4, 0.5) is 5.69 Å². The summed E-state index contributed by atoms with van der Waals surface area (Å²) in [6.45, 7) is 2.48. The van der Waals surface area contributed by atoms with Gasteiger partial charge in [0.05, 0.1) is 21.1 Å². The maximum atomic E-state index is 12.7. The highest BCUT2D eigenvalue weighted by Crippen LogP contribution is 2.22. The van der Waals surface area contributed by atoms with Crippen molar-refractivity contribution >= 4 is 27.3 Å². The second kappa shape index (κ2) is 8.50. The van der Waals surface area contributed by atoms with Gasteiger partial charge in [0.1, 0.15) is 0 Å². The molecule has 9 nitrogen and oxygen atoms in total. The highest BCUT2D eigenvalue weighted by molar-refractivity contribution is 7.89. The van der Waals surface area contributed by atoms with E-state index >= 15 is 0 Å². The first-order valence-electron chi connectivity index (χ1n) is 8.99. The lowest BCUT2D eigenvalue weighted by atomic mass is 10.1. The van der Waals surface area contributed by atoms with Crippen molar-refractivity contribution in [1.29, 1.82) is 0 Å². The molecule has 0 unspecified atom stereocenters. The molecular weight excluding hydrogens is 396 g/mol. The SMILES string of the molecule is C/C(=N/NC(=O)c1cccc(S(=O)(=O)N2CCCC2)c1)c1ccccc1[N+](=O)[O-]. The summed E-state index contributed by atoms with van der Waals surface area (Å²) in [5.41, 5.74) is 2.87. The Hall–Kier alpha value is -3.11. The molecule has 0 aliphatic carbocycles. The van der Waals surface area contributed by atoms with E-state index in [9.17, 15) is 23.3 Å². The molecule has 0 atom stereocenters. The number of nitrogens with one attached hydrogen (secondary N) is 1. The molecule has 0 spiro atoms. The van der Waals surface area contributed by atoms with Crippen molar-refractivity contribution in [1.82, 2.24) is 9.73 Å². The van der Waals surface area contributed by atoms with Crippen molar-refractivity contribution in [3.63, 3.8) is 0 Å². The number of para-hydroxylation sites is 1. The Kier molecular flexibility index (Phi) is 6.04. The molecule has 29 heavy (non-hydrogen) atoms. The molecule has 0 aromatic heterocycles. The van der Waals surface area contributed by atoms with Crippen LogP contribution in [-0.4, -0.2) is 42.4 Å². The fourth-order valence-corrected chi connectivity index (χ4v) is 4.64. The van der Waals surface area contributed by atoms with Crippen LogP contribution in [0.25, 0.3) is 0 Å². The summed E-state index contributed by atoms with van der Waals surface area (Å²) in [4.78, 5) is 23.1. The number of rotatable bonds is 6. The molecule has 1 amide bonds. The van der Waals surface area contributed by atoms with Crippen LogP contribution in [0.1, 0.15) is 35.7 Å². The maximum absolute atomic E-state index is 12.7. The van der Waals surface area contributed by atoms with Crippen LogP contribution in [0, 0.1) is 10.1 Å². The second-order valence-corrected chi connectivity index (χ2v) is 8.49. The first-order valence-corrected chi connectivity index (χ1v) is 10.4. The summed E-state index contributed by atoms with van der Waals surface area (Å²) in [5, 5.41) is 15.1. The highest BCUT2D eigenvalue weighted by atomic mass is 32.2. The van der Waals surface area contributed by atoms with E-state index in [1.54, 1.807) is 12.1 Å². The highest BCUT2D eigenvalue weighted by Gasteiger charge is 2.27. The average molecular weight is 416 g/mol. The van der Waals surface area contributed by atoms with Gasteiger partial charge in [-0.25, -0.2) is 13.8 Å². The molecule has 1 aliphatic heterocycles. The van der Waals surface area contributed by atoms with E-state index < -0.39 is 20.9 Å². The topological polar surface area (TPSA) is 122 Å². The van der Waals surface area contributed by atoms with Crippen LogP contribution < -0.4 is 5.43 Å². The Labute approximate surface area is 168 Å². The van der Waals surface area contributed by atoms with Gasteiger partial charge < -0.3 is 0 Å². The summed E-state index contributed by atoms with van der Waals surface area (Å²) in [7, 11) is -3.64. The predicted molar refractivity (Wildman–Crippen MR) is 107 cm³/mol. The Morgan fingerprint density at radius 1 is 1.14 bits per heavy atom. The van der Waals surface area contributed by atoms with Gasteiger partial charge in [0.15, 0.2) is 0 Å². The van der Waals surface area contributed by atoms with E-state index in [1.807, 2.05) is 0 Å². The van der Waals surface area contributed by atoms with Gasteiger partial charge in [-0.15, -0.1) is 0 Å². The van der Waals surface area contributed by atoms with Crippen LogP contribution in [0.15, 0.2) is 58.5 Å². The lowest BCUT2D eigenvalue weighted by molar-refractivity contribution is -0.385. The third-order valence-electron chi connectivity index (χ3n) is 4.61. The molecule has 0 radical (unpaired) electrons. The maximum Gasteiger partial charge on any atom is 0.278 e. The number of hydrogen-bond donors (Lipinski definition) is 1. The van der Waals surface area contributed by atoms with Crippen molar-refractivity contribution in [2.24, 2.45) is 5.10 Å². The van der Waals surface area contributed by atoms with Gasteiger partial charge in [-0.1, -0.05) is 18.2 Å². The van der Waals surface area contributed by atoms with Crippen molar-refractivity contribution in [2.45, 2.75) is 24.7 Å². The zero-order chi connectivity index (χ0) is 21.0. The van der Waals surface area contributed by atoms with Gasteiger partial charge in [0.2, 0.25) is 10.0 Å². The number of benzene rings is 2. The largest absolute Gasteiger partial charge is 0.278 e. The van der Waals surface area contributed by atoms with E-state index in [4.69, 9.17) is 0 Å². The molecule has 1 aliphatic rings. The van der Waals surface area contributed by atoms with E-state index in [1.165, 1.54) is 47.6 Å². The molecule has 1 heterocycles. The molecule has 1 saturated heterocycles. The molecular formula is C19H20N4O5S. The Morgan fingerprint density at radius 2 is 1.83 bits per heavy atom. The molecule has 1 fully saturated rings. The monoisotopic (exact) mass is 416 g/mol. The summed E-state index contributed by atoms with van der Waals surface area (Å²) < 4.78 is 26.7. The number of hydrazone groups is 1. The molecule has 0 bridgehead atoms. The molecule has 152 valence electrons.